The fourth-order valence-electron chi connectivity index (χ4n) is 3.62. The molecular formula is C15H23N3O3S. The van der Waals surface area contributed by atoms with Crippen molar-refractivity contribution in [1.82, 2.24) is 14.8 Å². The van der Waals surface area contributed by atoms with Gasteiger partial charge in [0.1, 0.15) is 5.69 Å². The SMILES string of the molecule is CCCN1CCN(C(=O)c2cc(C)c[nH]2)C2CS(=O)(=O)CC21. The number of fused-ring (bicyclic) bond motifs is 1. The predicted octanol–water partition coefficient (Wildman–Crippen LogP) is 0.657. The molecule has 1 aromatic heterocycles. The van der Waals surface area contributed by atoms with Crippen molar-refractivity contribution in [3.05, 3.63) is 23.5 Å². The Hall–Kier alpha value is -1.34. The molecule has 0 aliphatic carbocycles. The van der Waals surface area contributed by atoms with E-state index in [4.69, 9.17) is 0 Å². The second-order valence-corrected chi connectivity index (χ2v) is 8.49. The lowest BCUT2D eigenvalue weighted by Gasteiger charge is -2.43. The average Bonchev–Trinajstić information content (AvgIpc) is 3.01. The largest absolute Gasteiger partial charge is 0.357 e. The van der Waals surface area contributed by atoms with E-state index in [-0.39, 0.29) is 29.5 Å². The van der Waals surface area contributed by atoms with E-state index in [9.17, 15) is 13.2 Å². The first-order valence-corrected chi connectivity index (χ1v) is 9.64. The van der Waals surface area contributed by atoms with Crippen molar-refractivity contribution in [3.8, 4) is 0 Å². The van der Waals surface area contributed by atoms with Gasteiger partial charge in [-0.05, 0) is 31.5 Å². The topological polar surface area (TPSA) is 73.5 Å². The van der Waals surface area contributed by atoms with Gasteiger partial charge in [-0.3, -0.25) is 9.69 Å². The van der Waals surface area contributed by atoms with Crippen LogP contribution in [0, 0.1) is 6.92 Å². The number of amides is 1. The maximum absolute atomic E-state index is 12.7. The standard InChI is InChI=1S/C15H23N3O3S/c1-3-4-17-5-6-18(14-10-22(20,21)9-13(14)17)15(19)12-7-11(2)8-16-12/h7-8,13-14,16H,3-6,9-10H2,1-2H3. The molecular weight excluding hydrogens is 302 g/mol. The summed E-state index contributed by atoms with van der Waals surface area (Å²) in [5, 5.41) is 0. The van der Waals surface area contributed by atoms with E-state index >= 15 is 0 Å². The van der Waals surface area contributed by atoms with Crippen LogP contribution in [-0.4, -0.2) is 72.3 Å². The van der Waals surface area contributed by atoms with Crippen molar-refractivity contribution in [3.63, 3.8) is 0 Å². The van der Waals surface area contributed by atoms with Gasteiger partial charge in [0.25, 0.3) is 5.91 Å². The molecule has 0 bridgehead atoms. The smallest absolute Gasteiger partial charge is 0.270 e. The van der Waals surface area contributed by atoms with Gasteiger partial charge in [-0.15, -0.1) is 0 Å². The van der Waals surface area contributed by atoms with Crippen molar-refractivity contribution >= 4 is 15.7 Å². The van der Waals surface area contributed by atoms with Gasteiger partial charge in [0.2, 0.25) is 0 Å². The number of carbonyl (C=O) groups excluding carboxylic acids is 1. The Morgan fingerprint density at radius 3 is 2.68 bits per heavy atom. The Morgan fingerprint density at radius 2 is 2.05 bits per heavy atom. The van der Waals surface area contributed by atoms with Gasteiger partial charge in [-0.25, -0.2) is 8.42 Å². The van der Waals surface area contributed by atoms with E-state index in [1.54, 1.807) is 11.1 Å². The van der Waals surface area contributed by atoms with Crippen LogP contribution in [0.2, 0.25) is 0 Å². The normalized spacial score (nSPS) is 27.8. The molecule has 7 heteroatoms. The number of piperazine rings is 1. The Bertz CT molecular complexity index is 667. The third kappa shape index (κ3) is 2.79. The number of hydrogen-bond donors (Lipinski definition) is 1. The van der Waals surface area contributed by atoms with Crippen molar-refractivity contribution in [2.75, 3.05) is 31.1 Å². The first-order valence-electron chi connectivity index (χ1n) is 7.82. The van der Waals surface area contributed by atoms with Gasteiger partial charge in [0, 0.05) is 25.3 Å². The highest BCUT2D eigenvalue weighted by molar-refractivity contribution is 7.91. The molecule has 22 heavy (non-hydrogen) atoms. The number of carbonyl (C=O) groups is 1. The van der Waals surface area contributed by atoms with Crippen molar-refractivity contribution < 1.29 is 13.2 Å². The summed E-state index contributed by atoms with van der Waals surface area (Å²) in [6, 6.07) is 1.54. The van der Waals surface area contributed by atoms with Crippen LogP contribution in [0.5, 0.6) is 0 Å². The van der Waals surface area contributed by atoms with Crippen molar-refractivity contribution in [1.29, 1.82) is 0 Å². The first kappa shape index (κ1) is 15.6. The second-order valence-electron chi connectivity index (χ2n) is 6.34. The molecule has 0 radical (unpaired) electrons. The molecule has 0 saturated carbocycles. The van der Waals surface area contributed by atoms with Crippen LogP contribution in [0.3, 0.4) is 0 Å². The highest BCUT2D eigenvalue weighted by atomic mass is 32.2. The predicted molar refractivity (Wildman–Crippen MR) is 84.7 cm³/mol. The van der Waals surface area contributed by atoms with Gasteiger partial charge < -0.3 is 9.88 Å². The minimum Gasteiger partial charge on any atom is -0.357 e. The Balaban J connectivity index is 1.86. The molecule has 3 heterocycles. The summed E-state index contributed by atoms with van der Waals surface area (Å²) in [7, 11) is -3.07. The zero-order valence-electron chi connectivity index (χ0n) is 13.1. The van der Waals surface area contributed by atoms with E-state index in [1.165, 1.54) is 0 Å². The molecule has 2 unspecified atom stereocenters. The molecule has 1 N–H and O–H groups in total. The summed E-state index contributed by atoms with van der Waals surface area (Å²) < 4.78 is 24.2. The Kier molecular flexibility index (Phi) is 4.03. The highest BCUT2D eigenvalue weighted by Crippen LogP contribution is 2.28. The van der Waals surface area contributed by atoms with Gasteiger partial charge >= 0.3 is 0 Å². The first-order chi connectivity index (χ1) is 10.4. The van der Waals surface area contributed by atoms with Crippen LogP contribution >= 0.6 is 0 Å². The van der Waals surface area contributed by atoms with Crippen molar-refractivity contribution in [2.45, 2.75) is 32.4 Å². The van der Waals surface area contributed by atoms with Gasteiger partial charge in [0.15, 0.2) is 9.84 Å². The molecule has 6 nitrogen and oxygen atoms in total. The molecule has 2 aliphatic heterocycles. The maximum atomic E-state index is 12.7. The summed E-state index contributed by atoms with van der Waals surface area (Å²) >= 11 is 0. The highest BCUT2D eigenvalue weighted by Gasteiger charge is 2.47. The Morgan fingerprint density at radius 1 is 1.32 bits per heavy atom. The molecule has 122 valence electrons. The van der Waals surface area contributed by atoms with Crippen LogP contribution in [0.15, 0.2) is 12.3 Å². The summed E-state index contributed by atoms with van der Waals surface area (Å²) in [5.41, 5.74) is 1.55. The number of H-pyrrole nitrogens is 1. The fraction of sp³-hybridized carbons (Fsp3) is 0.667. The van der Waals surface area contributed by atoms with E-state index < -0.39 is 9.84 Å². The number of rotatable bonds is 3. The van der Waals surface area contributed by atoms with E-state index in [1.807, 2.05) is 13.0 Å². The zero-order chi connectivity index (χ0) is 15.9. The Labute approximate surface area is 131 Å². The third-order valence-corrected chi connectivity index (χ3v) is 6.32. The summed E-state index contributed by atoms with van der Waals surface area (Å²) in [5.74, 6) is 0.172. The number of aryl methyl sites for hydroxylation is 1. The number of nitrogens with one attached hydrogen (secondary N) is 1. The van der Waals surface area contributed by atoms with Crippen LogP contribution in [-0.2, 0) is 9.84 Å². The van der Waals surface area contributed by atoms with Crippen LogP contribution in [0.1, 0.15) is 29.4 Å². The lowest BCUT2D eigenvalue weighted by atomic mass is 10.0. The van der Waals surface area contributed by atoms with Gasteiger partial charge in [-0.1, -0.05) is 6.92 Å². The lowest BCUT2D eigenvalue weighted by molar-refractivity contribution is 0.0329. The number of nitrogens with zero attached hydrogens (tertiary/aromatic N) is 2. The summed E-state index contributed by atoms with van der Waals surface area (Å²) in [6.45, 7) is 6.25. The summed E-state index contributed by atoms with van der Waals surface area (Å²) in [4.78, 5) is 19.7. The molecule has 2 aliphatic rings. The van der Waals surface area contributed by atoms with Gasteiger partial charge in [0.05, 0.1) is 17.5 Å². The number of aromatic amines is 1. The van der Waals surface area contributed by atoms with Gasteiger partial charge in [-0.2, -0.15) is 0 Å². The molecule has 1 amide bonds. The number of hydrogen-bond acceptors (Lipinski definition) is 4. The molecule has 0 aromatic carbocycles. The molecule has 2 fully saturated rings. The van der Waals surface area contributed by atoms with Crippen LogP contribution < -0.4 is 0 Å². The average molecular weight is 325 g/mol. The molecule has 3 rings (SSSR count). The molecule has 2 saturated heterocycles. The minimum absolute atomic E-state index is 0.0568. The maximum Gasteiger partial charge on any atom is 0.270 e. The second kappa shape index (κ2) is 5.70. The monoisotopic (exact) mass is 325 g/mol. The fourth-order valence-corrected chi connectivity index (χ4v) is 5.63. The zero-order valence-corrected chi connectivity index (χ0v) is 13.9. The quantitative estimate of drug-likeness (QED) is 0.886. The third-order valence-electron chi connectivity index (χ3n) is 4.62. The lowest BCUT2D eigenvalue weighted by Crippen LogP contribution is -2.60. The molecule has 2 atom stereocenters. The molecule has 1 aromatic rings. The minimum atomic E-state index is -3.07. The van der Waals surface area contributed by atoms with E-state index in [2.05, 4.69) is 16.8 Å². The number of aromatic nitrogens is 1. The van der Waals surface area contributed by atoms with Crippen LogP contribution in [0.25, 0.3) is 0 Å². The summed E-state index contributed by atoms with van der Waals surface area (Å²) in [6.07, 6.45) is 2.79. The van der Waals surface area contributed by atoms with Crippen LogP contribution in [0.4, 0.5) is 0 Å². The van der Waals surface area contributed by atoms with E-state index in [0.29, 0.717) is 12.2 Å². The number of sulfone groups is 1. The molecule has 0 spiro atoms. The van der Waals surface area contributed by atoms with E-state index in [0.717, 1.165) is 25.1 Å². The van der Waals surface area contributed by atoms with Crippen molar-refractivity contribution in [2.24, 2.45) is 0 Å².